The van der Waals surface area contributed by atoms with Crippen molar-refractivity contribution in [1.29, 1.82) is 0 Å². The second-order valence-electron chi connectivity index (χ2n) is 10.6. The van der Waals surface area contributed by atoms with E-state index in [1.807, 2.05) is 18.2 Å². The molecular formula is C30H32Cl2N2O6. The van der Waals surface area contributed by atoms with Crippen molar-refractivity contribution in [2.45, 2.75) is 57.8 Å². The molecule has 0 bridgehead atoms. The molecule has 0 aliphatic heterocycles. The molecule has 0 fully saturated rings. The zero-order valence-corrected chi connectivity index (χ0v) is 24.3. The van der Waals surface area contributed by atoms with Crippen LogP contribution < -0.4 is 9.47 Å². The van der Waals surface area contributed by atoms with Crippen molar-refractivity contribution in [2.24, 2.45) is 0 Å². The number of amides is 1. The lowest BCUT2D eigenvalue weighted by atomic mass is 9.87. The highest BCUT2D eigenvalue weighted by Crippen LogP contribution is 2.33. The van der Waals surface area contributed by atoms with Crippen LogP contribution in [0.4, 0.5) is 4.79 Å². The van der Waals surface area contributed by atoms with Crippen LogP contribution in [0.1, 0.15) is 60.3 Å². The summed E-state index contributed by atoms with van der Waals surface area (Å²) in [5.74, 6) is 1.58. The lowest BCUT2D eigenvalue weighted by Crippen LogP contribution is -2.47. The predicted octanol–water partition coefficient (Wildman–Crippen LogP) is 6.83. The van der Waals surface area contributed by atoms with Gasteiger partial charge in [0, 0.05) is 17.8 Å². The van der Waals surface area contributed by atoms with Gasteiger partial charge >= 0.3 is 6.09 Å². The number of aliphatic hydroxyl groups is 1. The Kier molecular flexibility index (Phi) is 9.23. The van der Waals surface area contributed by atoms with Gasteiger partial charge in [0.15, 0.2) is 6.29 Å². The molecule has 4 rings (SSSR count). The Hall–Kier alpha value is -3.33. The third kappa shape index (κ3) is 7.24. The van der Waals surface area contributed by atoms with Crippen LogP contribution >= 0.6 is 23.2 Å². The third-order valence-corrected chi connectivity index (χ3v) is 7.27. The number of aromatic nitrogens is 1. The molecule has 3 aromatic rings. The number of fused-ring (bicyclic) bond motifs is 1. The van der Waals surface area contributed by atoms with Crippen LogP contribution in [0, 0.1) is 0 Å². The van der Waals surface area contributed by atoms with E-state index in [1.54, 1.807) is 49.9 Å². The molecule has 1 N–H and O–H groups in total. The molecule has 1 aromatic heterocycles. The summed E-state index contributed by atoms with van der Waals surface area (Å²) in [6, 6.07) is 12.2. The van der Waals surface area contributed by atoms with Gasteiger partial charge in [0.2, 0.25) is 0 Å². The van der Waals surface area contributed by atoms with Gasteiger partial charge in [-0.15, -0.1) is 0 Å². The van der Waals surface area contributed by atoms with Crippen LogP contribution in [0.5, 0.6) is 17.2 Å². The van der Waals surface area contributed by atoms with Crippen molar-refractivity contribution in [1.82, 2.24) is 9.88 Å². The Bertz CT molecular complexity index is 1390. The number of carbonyl (C=O) groups excluding carboxylic acids is 2. The van der Waals surface area contributed by atoms with Crippen molar-refractivity contribution in [3.05, 3.63) is 81.1 Å². The largest absolute Gasteiger partial charge is 0.496 e. The maximum atomic E-state index is 13.3. The van der Waals surface area contributed by atoms with Gasteiger partial charge in [-0.05, 0) is 87.6 Å². The molecule has 1 aliphatic rings. The topological polar surface area (TPSA) is 98.2 Å². The zero-order chi connectivity index (χ0) is 29.0. The highest BCUT2D eigenvalue weighted by Gasteiger charge is 2.33. The number of benzene rings is 2. The monoisotopic (exact) mass is 586 g/mol. The van der Waals surface area contributed by atoms with E-state index in [0.717, 1.165) is 23.8 Å². The van der Waals surface area contributed by atoms with Gasteiger partial charge in [-0.1, -0.05) is 29.3 Å². The zero-order valence-electron chi connectivity index (χ0n) is 22.8. The minimum atomic E-state index is -1.05. The molecule has 0 saturated carbocycles. The maximum Gasteiger partial charge on any atom is 0.410 e. The summed E-state index contributed by atoms with van der Waals surface area (Å²) >= 11 is 12.0. The molecule has 0 saturated heterocycles. The van der Waals surface area contributed by atoms with Gasteiger partial charge in [0.1, 0.15) is 28.0 Å². The van der Waals surface area contributed by atoms with Crippen molar-refractivity contribution in [3.8, 4) is 17.2 Å². The highest BCUT2D eigenvalue weighted by molar-refractivity contribution is 6.41. The number of pyridine rings is 1. The van der Waals surface area contributed by atoms with Gasteiger partial charge in [-0.3, -0.25) is 4.79 Å². The Morgan fingerprint density at radius 2 is 1.88 bits per heavy atom. The first kappa shape index (κ1) is 29.6. The fourth-order valence-electron chi connectivity index (χ4n) is 4.65. The van der Waals surface area contributed by atoms with Crippen LogP contribution in [-0.4, -0.2) is 52.7 Å². The number of methoxy groups -OCH3 is 1. The van der Waals surface area contributed by atoms with Crippen LogP contribution in [0.3, 0.4) is 0 Å². The Balaban J connectivity index is 1.56. The normalized spacial score (nSPS) is 15.5. The van der Waals surface area contributed by atoms with Crippen LogP contribution in [0.15, 0.2) is 48.7 Å². The molecule has 1 aliphatic carbocycles. The molecule has 1 heterocycles. The highest BCUT2D eigenvalue weighted by atomic mass is 35.5. The number of aryl methyl sites for hydroxylation is 1. The van der Waals surface area contributed by atoms with E-state index in [0.29, 0.717) is 41.2 Å². The molecular weight excluding hydrogens is 555 g/mol. The number of nitrogens with zero attached hydrogens (tertiary/aromatic N) is 2. The molecule has 212 valence electrons. The Morgan fingerprint density at radius 3 is 2.55 bits per heavy atom. The number of aldehydes is 1. The second-order valence-corrected chi connectivity index (χ2v) is 11.4. The lowest BCUT2D eigenvalue weighted by Gasteiger charge is -2.37. The summed E-state index contributed by atoms with van der Waals surface area (Å²) in [4.78, 5) is 30.4. The van der Waals surface area contributed by atoms with Gasteiger partial charge in [-0.2, -0.15) is 0 Å². The molecule has 0 spiro atoms. The first-order chi connectivity index (χ1) is 19.0. The summed E-state index contributed by atoms with van der Waals surface area (Å²) in [5, 5.41) is 11.4. The smallest absolute Gasteiger partial charge is 0.410 e. The van der Waals surface area contributed by atoms with E-state index in [4.69, 9.17) is 37.4 Å². The minimum absolute atomic E-state index is 0.00886. The first-order valence-corrected chi connectivity index (χ1v) is 13.6. The molecule has 0 radical (unpaired) electrons. The summed E-state index contributed by atoms with van der Waals surface area (Å²) < 4.78 is 17.0. The van der Waals surface area contributed by atoms with Crippen molar-refractivity contribution in [2.75, 3.05) is 13.7 Å². The van der Waals surface area contributed by atoms with E-state index in [9.17, 15) is 14.7 Å². The van der Waals surface area contributed by atoms with Crippen molar-refractivity contribution < 1.29 is 28.9 Å². The molecule has 2 atom stereocenters. The molecule has 2 aromatic carbocycles. The fraction of sp³-hybridized carbons (Fsp3) is 0.367. The number of carbonyl (C=O) groups is 2. The number of ether oxygens (including phenoxy) is 3. The van der Waals surface area contributed by atoms with Crippen LogP contribution in [0.2, 0.25) is 10.2 Å². The molecule has 1 amide bonds. The number of hydrogen-bond acceptors (Lipinski definition) is 7. The Labute approximate surface area is 243 Å². The van der Waals surface area contributed by atoms with Gasteiger partial charge in [-0.25, -0.2) is 9.78 Å². The maximum absolute atomic E-state index is 13.3. The van der Waals surface area contributed by atoms with Gasteiger partial charge in [0.25, 0.3) is 0 Å². The van der Waals surface area contributed by atoms with Gasteiger partial charge < -0.3 is 24.2 Å². The molecule has 8 nitrogen and oxygen atoms in total. The summed E-state index contributed by atoms with van der Waals surface area (Å²) in [7, 11) is 1.50. The number of hydrogen-bond donors (Lipinski definition) is 1. The minimum Gasteiger partial charge on any atom is -0.496 e. The standard InChI is InChI=1S/C30H32Cl2N2O6/c1-30(2,3)40-29(37)34(16-26(36)20-14-25(31)28(32)33-15-20)22-7-5-18-6-8-23(12-19(18)11-22)39-24-9-10-27(38-4)21(13-24)17-35/h6,8-10,12-15,17,22,26,36H,5,7,11,16H2,1-4H3/t22-,26-/m0/s1. The average Bonchev–Trinajstić information content (AvgIpc) is 2.91. The van der Waals surface area contributed by atoms with Crippen LogP contribution in [0.25, 0.3) is 0 Å². The number of aliphatic hydroxyl groups excluding tert-OH is 1. The quantitative estimate of drug-likeness (QED) is 0.228. The summed E-state index contributed by atoms with van der Waals surface area (Å²) in [6.07, 6.45) is 2.58. The lowest BCUT2D eigenvalue weighted by molar-refractivity contribution is 0.00191. The van der Waals surface area contributed by atoms with Crippen molar-refractivity contribution >= 4 is 35.6 Å². The summed E-state index contributed by atoms with van der Waals surface area (Å²) in [5.41, 5.74) is 2.31. The van der Waals surface area contributed by atoms with E-state index >= 15 is 0 Å². The summed E-state index contributed by atoms with van der Waals surface area (Å²) in [6.45, 7) is 5.40. The first-order valence-electron chi connectivity index (χ1n) is 12.9. The van der Waals surface area contributed by atoms with E-state index in [2.05, 4.69) is 4.98 Å². The van der Waals surface area contributed by atoms with E-state index in [-0.39, 0.29) is 22.8 Å². The average molecular weight is 588 g/mol. The van der Waals surface area contributed by atoms with Gasteiger partial charge in [0.05, 0.1) is 30.3 Å². The Morgan fingerprint density at radius 1 is 1.15 bits per heavy atom. The predicted molar refractivity (Wildman–Crippen MR) is 153 cm³/mol. The van der Waals surface area contributed by atoms with Crippen molar-refractivity contribution in [3.63, 3.8) is 0 Å². The van der Waals surface area contributed by atoms with E-state index < -0.39 is 17.8 Å². The number of halogens is 2. The molecule has 10 heteroatoms. The SMILES string of the molecule is COc1ccc(Oc2ccc3c(c2)C[C@@H](N(C[C@H](O)c2cnc(Cl)c(Cl)c2)C(=O)OC(C)(C)C)CC3)cc1C=O. The van der Waals surface area contributed by atoms with Crippen LogP contribution in [-0.2, 0) is 17.6 Å². The molecule has 40 heavy (non-hydrogen) atoms. The fourth-order valence-corrected chi connectivity index (χ4v) is 4.93. The van der Waals surface area contributed by atoms with E-state index in [1.165, 1.54) is 13.3 Å². The number of rotatable bonds is 8. The molecule has 0 unspecified atom stereocenters. The second kappa shape index (κ2) is 12.5. The third-order valence-electron chi connectivity index (χ3n) is 6.58.